The lowest BCUT2D eigenvalue weighted by atomic mass is 10.00. The van der Waals surface area contributed by atoms with Gasteiger partial charge in [-0.3, -0.25) is 4.79 Å². The van der Waals surface area contributed by atoms with Crippen molar-refractivity contribution in [3.63, 3.8) is 0 Å². The second kappa shape index (κ2) is 7.98. The highest BCUT2D eigenvalue weighted by Crippen LogP contribution is 2.36. The van der Waals surface area contributed by atoms with Crippen LogP contribution < -0.4 is 14.8 Å². The van der Waals surface area contributed by atoms with Gasteiger partial charge in [0.05, 0.1) is 24.9 Å². The van der Waals surface area contributed by atoms with Crippen molar-refractivity contribution < 1.29 is 24.5 Å². The maximum absolute atomic E-state index is 12.5. The molecule has 6 nitrogen and oxygen atoms in total. The molecule has 0 fully saturated rings. The fraction of sp³-hybridized carbons (Fsp3) is 0.278. The highest BCUT2D eigenvalue weighted by molar-refractivity contribution is 6.32. The van der Waals surface area contributed by atoms with Crippen LogP contribution in [-0.2, 0) is 11.2 Å². The van der Waals surface area contributed by atoms with E-state index in [4.69, 9.17) is 21.1 Å². The molecule has 0 aliphatic heterocycles. The zero-order valence-corrected chi connectivity index (χ0v) is 14.9. The molecule has 3 N–H and O–H groups in total. The quantitative estimate of drug-likeness (QED) is 0.681. The third kappa shape index (κ3) is 4.48. The van der Waals surface area contributed by atoms with E-state index in [1.54, 1.807) is 25.1 Å². The van der Waals surface area contributed by atoms with Gasteiger partial charge in [0.2, 0.25) is 5.91 Å². The molecule has 0 aliphatic rings. The number of anilines is 1. The highest BCUT2D eigenvalue weighted by atomic mass is 35.5. The van der Waals surface area contributed by atoms with E-state index in [0.29, 0.717) is 28.6 Å². The van der Waals surface area contributed by atoms with Gasteiger partial charge in [0.1, 0.15) is 11.5 Å². The second-order valence-corrected chi connectivity index (χ2v) is 6.01. The second-order valence-electron chi connectivity index (χ2n) is 5.60. The van der Waals surface area contributed by atoms with Gasteiger partial charge in [0, 0.05) is 18.1 Å². The van der Waals surface area contributed by atoms with Gasteiger partial charge in [-0.2, -0.15) is 0 Å². The van der Waals surface area contributed by atoms with Crippen LogP contribution in [0.2, 0.25) is 5.02 Å². The number of halogens is 1. The van der Waals surface area contributed by atoms with Crippen LogP contribution in [0.1, 0.15) is 12.5 Å². The fourth-order valence-corrected chi connectivity index (χ4v) is 2.59. The third-order valence-electron chi connectivity index (χ3n) is 3.76. The van der Waals surface area contributed by atoms with Crippen molar-refractivity contribution in [1.29, 1.82) is 0 Å². The minimum absolute atomic E-state index is 0.196. The molecule has 2 aromatic carbocycles. The Labute approximate surface area is 151 Å². The van der Waals surface area contributed by atoms with Gasteiger partial charge < -0.3 is 25.0 Å². The van der Waals surface area contributed by atoms with E-state index in [1.807, 2.05) is 0 Å². The van der Waals surface area contributed by atoms with Gasteiger partial charge in [-0.1, -0.05) is 24.6 Å². The minimum Gasteiger partial charge on any atom is -0.504 e. The summed E-state index contributed by atoms with van der Waals surface area (Å²) in [5.74, 6) is -0.166. The number of phenolic OH excluding ortho intramolecular Hbond substituents is 2. The Kier molecular flexibility index (Phi) is 5.98. The average molecular weight is 366 g/mol. The van der Waals surface area contributed by atoms with Crippen LogP contribution in [-0.4, -0.2) is 30.3 Å². The molecule has 2 aromatic rings. The van der Waals surface area contributed by atoms with E-state index in [1.165, 1.54) is 26.4 Å². The number of hydrogen-bond donors (Lipinski definition) is 3. The van der Waals surface area contributed by atoms with Crippen molar-refractivity contribution in [2.45, 2.75) is 13.3 Å². The summed E-state index contributed by atoms with van der Waals surface area (Å²) < 4.78 is 10.4. The Balaban J connectivity index is 2.14. The van der Waals surface area contributed by atoms with Crippen molar-refractivity contribution in [3.05, 3.63) is 40.9 Å². The number of ether oxygens (including phenoxy) is 2. The number of nitrogens with one attached hydrogen (secondary N) is 1. The number of carbonyl (C=O) groups is 1. The van der Waals surface area contributed by atoms with Crippen LogP contribution >= 0.6 is 11.6 Å². The SMILES string of the molecule is COc1cc(NC(=O)C(C)Cc2ccc(O)c(O)c2)c(OC)cc1Cl. The number of aromatic hydroxyl groups is 2. The van der Waals surface area contributed by atoms with E-state index in [-0.39, 0.29) is 23.3 Å². The van der Waals surface area contributed by atoms with Gasteiger partial charge in [0.25, 0.3) is 0 Å². The molecule has 134 valence electrons. The number of phenols is 2. The van der Waals surface area contributed by atoms with Gasteiger partial charge in [-0.05, 0) is 24.1 Å². The molecule has 0 saturated carbocycles. The van der Waals surface area contributed by atoms with E-state index >= 15 is 0 Å². The van der Waals surface area contributed by atoms with Gasteiger partial charge in [-0.15, -0.1) is 0 Å². The molecule has 1 amide bonds. The monoisotopic (exact) mass is 365 g/mol. The van der Waals surface area contributed by atoms with Crippen LogP contribution in [0.4, 0.5) is 5.69 Å². The molecule has 0 saturated heterocycles. The van der Waals surface area contributed by atoms with Crippen molar-refractivity contribution >= 4 is 23.2 Å². The van der Waals surface area contributed by atoms with E-state index < -0.39 is 0 Å². The molecule has 25 heavy (non-hydrogen) atoms. The summed E-state index contributed by atoms with van der Waals surface area (Å²) in [5.41, 5.74) is 1.19. The normalized spacial score (nSPS) is 11.7. The summed E-state index contributed by atoms with van der Waals surface area (Å²) in [6.07, 6.45) is 0.396. The molecule has 0 aromatic heterocycles. The van der Waals surface area contributed by atoms with Crippen LogP contribution in [0.5, 0.6) is 23.0 Å². The number of benzene rings is 2. The number of methoxy groups -OCH3 is 2. The molecule has 2 rings (SSSR count). The van der Waals surface area contributed by atoms with Crippen LogP contribution in [0.15, 0.2) is 30.3 Å². The topological polar surface area (TPSA) is 88.0 Å². The van der Waals surface area contributed by atoms with E-state index in [2.05, 4.69) is 5.32 Å². The summed E-state index contributed by atoms with van der Waals surface area (Å²) in [5, 5.41) is 22.1. The first-order valence-corrected chi connectivity index (χ1v) is 7.96. The Hall–Kier alpha value is -2.60. The zero-order valence-electron chi connectivity index (χ0n) is 14.2. The van der Waals surface area contributed by atoms with Crippen molar-refractivity contribution in [1.82, 2.24) is 0 Å². The molecule has 7 heteroatoms. The van der Waals surface area contributed by atoms with Crippen LogP contribution in [0.3, 0.4) is 0 Å². The summed E-state index contributed by atoms with van der Waals surface area (Å²) in [4.78, 5) is 12.5. The van der Waals surface area contributed by atoms with Gasteiger partial charge in [-0.25, -0.2) is 0 Å². The smallest absolute Gasteiger partial charge is 0.227 e. The Morgan fingerprint density at radius 3 is 2.40 bits per heavy atom. The lowest BCUT2D eigenvalue weighted by molar-refractivity contribution is -0.119. The maximum atomic E-state index is 12.5. The summed E-state index contributed by atoms with van der Waals surface area (Å²) in [7, 11) is 2.97. The third-order valence-corrected chi connectivity index (χ3v) is 4.06. The first kappa shape index (κ1) is 18.7. The van der Waals surface area contributed by atoms with E-state index in [0.717, 1.165) is 5.56 Å². The molecular weight excluding hydrogens is 346 g/mol. The van der Waals surface area contributed by atoms with Crippen LogP contribution in [0, 0.1) is 5.92 Å². The van der Waals surface area contributed by atoms with Crippen molar-refractivity contribution in [3.8, 4) is 23.0 Å². The highest BCUT2D eigenvalue weighted by Gasteiger charge is 2.18. The van der Waals surface area contributed by atoms with Crippen LogP contribution in [0.25, 0.3) is 0 Å². The first-order valence-electron chi connectivity index (χ1n) is 7.59. The first-order chi connectivity index (χ1) is 11.8. The number of rotatable bonds is 6. The number of carbonyl (C=O) groups excluding carboxylic acids is 1. The summed E-state index contributed by atoms with van der Waals surface area (Å²) in [6.45, 7) is 1.76. The molecule has 0 heterocycles. The maximum Gasteiger partial charge on any atom is 0.227 e. The van der Waals surface area contributed by atoms with Gasteiger partial charge >= 0.3 is 0 Å². The predicted molar refractivity (Wildman–Crippen MR) is 95.8 cm³/mol. The molecule has 0 spiro atoms. The zero-order chi connectivity index (χ0) is 18.6. The Bertz CT molecular complexity index is 778. The van der Waals surface area contributed by atoms with Crippen molar-refractivity contribution in [2.24, 2.45) is 5.92 Å². The number of hydrogen-bond acceptors (Lipinski definition) is 5. The lowest BCUT2D eigenvalue weighted by Gasteiger charge is -2.16. The molecule has 1 atom stereocenters. The molecule has 1 unspecified atom stereocenters. The summed E-state index contributed by atoms with van der Waals surface area (Å²) >= 11 is 6.05. The average Bonchev–Trinajstić information content (AvgIpc) is 2.59. The predicted octanol–water partition coefficient (Wildman–Crippen LogP) is 3.59. The molecule has 0 bridgehead atoms. The van der Waals surface area contributed by atoms with E-state index in [9.17, 15) is 15.0 Å². The minimum atomic E-state index is -0.379. The van der Waals surface area contributed by atoms with Gasteiger partial charge in [0.15, 0.2) is 11.5 Å². The Morgan fingerprint density at radius 1 is 1.12 bits per heavy atom. The Morgan fingerprint density at radius 2 is 1.80 bits per heavy atom. The largest absolute Gasteiger partial charge is 0.504 e. The summed E-state index contributed by atoms with van der Waals surface area (Å²) in [6, 6.07) is 7.65. The lowest BCUT2D eigenvalue weighted by Crippen LogP contribution is -2.22. The molecule has 0 radical (unpaired) electrons. The number of amides is 1. The fourth-order valence-electron chi connectivity index (χ4n) is 2.36. The molecule has 0 aliphatic carbocycles. The van der Waals surface area contributed by atoms with Crippen molar-refractivity contribution in [2.75, 3.05) is 19.5 Å². The standard InChI is InChI=1S/C18H20ClNO5/c1-10(6-11-4-5-14(21)15(22)7-11)18(23)20-13-9-16(24-2)12(19)8-17(13)25-3/h4-5,7-10,21-22H,6H2,1-3H3,(H,20,23). The molecular formula is C18H20ClNO5.